The molecule has 94 heavy (non-hydrogen) atoms. The van der Waals surface area contributed by atoms with Gasteiger partial charge in [0.2, 0.25) is 0 Å². The van der Waals surface area contributed by atoms with E-state index in [2.05, 4.69) is 41.5 Å². The minimum Gasteiger partial charge on any atom is -0.462 e. The Morgan fingerprint density at radius 3 is 0.809 bits per heavy atom. The van der Waals surface area contributed by atoms with Crippen LogP contribution in [0.3, 0.4) is 0 Å². The third-order valence-electron chi connectivity index (χ3n) is 17.8. The first-order valence-electron chi connectivity index (χ1n) is 39.0. The number of aliphatic hydroxyl groups excluding tert-OH is 1. The molecule has 0 aromatic carbocycles. The molecule has 0 heterocycles. The molecule has 0 aliphatic rings. The van der Waals surface area contributed by atoms with Crippen molar-refractivity contribution in [2.45, 2.75) is 407 Å². The molecule has 0 aromatic rings. The SMILES string of the molecule is CCCCCCCCCCCCC(=O)O[C@H](COC(=O)CCCCCCCCCC)COP(=O)(O)OC[C@H](O)COP(=O)(O)OC[C@@H](COC(=O)CCCCCCCCCCCCCCCCC(C)CC)OC(=O)CCCCCCCCCCCCCCCCCC(C)C. The number of rotatable bonds is 74. The van der Waals surface area contributed by atoms with Crippen LogP contribution in [-0.2, 0) is 65.4 Å². The number of unbranched alkanes of at least 4 members (excludes halogenated alkanes) is 43. The van der Waals surface area contributed by atoms with Crippen LogP contribution in [0, 0.1) is 11.8 Å². The predicted molar refractivity (Wildman–Crippen MR) is 381 cm³/mol. The van der Waals surface area contributed by atoms with Crippen molar-refractivity contribution in [2.75, 3.05) is 39.6 Å². The number of aliphatic hydroxyl groups is 1. The summed E-state index contributed by atoms with van der Waals surface area (Å²) in [5.74, 6) is -0.467. The highest BCUT2D eigenvalue weighted by molar-refractivity contribution is 7.47. The summed E-state index contributed by atoms with van der Waals surface area (Å²) in [4.78, 5) is 72.6. The number of phosphoric acid groups is 2. The minimum atomic E-state index is -4.96. The van der Waals surface area contributed by atoms with Crippen molar-refractivity contribution in [3.05, 3.63) is 0 Å². The van der Waals surface area contributed by atoms with E-state index in [1.54, 1.807) is 0 Å². The molecule has 3 N–H and O–H groups in total. The standard InChI is InChI=1S/C75H146O17P2/c1-7-10-12-14-16-18-34-41-47-53-59-74(79)91-70(63-85-72(77)57-51-45-39-17-15-13-11-8-2)65-89-93(81,82)87-61-69(76)62-88-94(83,84)90-66-71(92-75(80)60-54-48-42-36-31-27-21-19-20-24-28-32-37-43-49-55-67(4)5)64-86-73(78)58-52-46-40-35-30-26-23-22-25-29-33-38-44-50-56-68(6)9-3/h67-71,76H,7-66H2,1-6H3,(H,81,82)(H,83,84)/t68?,69-,70+,71+/m0/s1. The van der Waals surface area contributed by atoms with Gasteiger partial charge in [-0.05, 0) is 37.5 Å². The van der Waals surface area contributed by atoms with Gasteiger partial charge in [0.25, 0.3) is 0 Å². The molecule has 0 aromatic heterocycles. The number of carbonyl (C=O) groups excluding carboxylic acids is 4. The third kappa shape index (κ3) is 67.3. The summed E-state index contributed by atoms with van der Waals surface area (Å²) in [6, 6.07) is 0. The van der Waals surface area contributed by atoms with Crippen molar-refractivity contribution >= 4 is 39.5 Å². The highest BCUT2D eigenvalue weighted by atomic mass is 31.2. The first-order chi connectivity index (χ1) is 45.4. The molecule has 6 atom stereocenters. The lowest BCUT2D eigenvalue weighted by Crippen LogP contribution is -2.30. The van der Waals surface area contributed by atoms with Crippen molar-refractivity contribution in [3.63, 3.8) is 0 Å². The first-order valence-corrected chi connectivity index (χ1v) is 42.0. The summed E-state index contributed by atoms with van der Waals surface area (Å²) in [7, 11) is -9.90. The molecule has 558 valence electrons. The molecule has 19 heteroatoms. The van der Waals surface area contributed by atoms with Crippen LogP contribution in [0.25, 0.3) is 0 Å². The predicted octanol–water partition coefficient (Wildman–Crippen LogP) is 21.9. The van der Waals surface area contributed by atoms with Crippen molar-refractivity contribution in [1.29, 1.82) is 0 Å². The lowest BCUT2D eigenvalue weighted by Gasteiger charge is -2.21. The molecule has 0 bridgehead atoms. The van der Waals surface area contributed by atoms with E-state index >= 15 is 0 Å². The second-order valence-corrected chi connectivity index (χ2v) is 30.7. The Morgan fingerprint density at radius 2 is 0.543 bits per heavy atom. The lowest BCUT2D eigenvalue weighted by atomic mass is 9.99. The molecule has 17 nitrogen and oxygen atoms in total. The normalized spacial score (nSPS) is 14.3. The van der Waals surface area contributed by atoms with Gasteiger partial charge in [0.05, 0.1) is 26.4 Å². The van der Waals surface area contributed by atoms with Gasteiger partial charge in [-0.15, -0.1) is 0 Å². The zero-order chi connectivity index (χ0) is 69.3. The summed E-state index contributed by atoms with van der Waals surface area (Å²) in [5, 5.41) is 10.6. The number of carbonyl (C=O) groups is 4. The largest absolute Gasteiger partial charge is 0.472 e. The van der Waals surface area contributed by atoms with Gasteiger partial charge in [0.1, 0.15) is 19.3 Å². The lowest BCUT2D eigenvalue weighted by molar-refractivity contribution is -0.161. The summed E-state index contributed by atoms with van der Waals surface area (Å²) >= 11 is 0. The maximum Gasteiger partial charge on any atom is 0.472 e. The highest BCUT2D eigenvalue weighted by Crippen LogP contribution is 2.45. The van der Waals surface area contributed by atoms with Crippen molar-refractivity contribution in [2.24, 2.45) is 11.8 Å². The van der Waals surface area contributed by atoms with Crippen LogP contribution in [-0.4, -0.2) is 96.7 Å². The molecule has 3 unspecified atom stereocenters. The zero-order valence-electron chi connectivity index (χ0n) is 61.3. The summed E-state index contributed by atoms with van der Waals surface area (Å²) < 4.78 is 68.4. The van der Waals surface area contributed by atoms with E-state index in [4.69, 9.17) is 37.0 Å². The molecule has 0 aliphatic heterocycles. The van der Waals surface area contributed by atoms with Crippen LogP contribution >= 0.6 is 15.6 Å². The number of hydrogen-bond donors (Lipinski definition) is 3. The molecule has 0 spiro atoms. The quantitative estimate of drug-likeness (QED) is 0.0222. The Bertz CT molecular complexity index is 1820. The van der Waals surface area contributed by atoms with Crippen molar-refractivity contribution < 1.29 is 80.2 Å². The molecule has 0 aliphatic carbocycles. The third-order valence-corrected chi connectivity index (χ3v) is 19.7. The van der Waals surface area contributed by atoms with Gasteiger partial charge in [0, 0.05) is 25.7 Å². The van der Waals surface area contributed by atoms with Crippen LogP contribution in [0.1, 0.15) is 388 Å². The molecule has 0 radical (unpaired) electrons. The zero-order valence-corrected chi connectivity index (χ0v) is 63.1. The Labute approximate surface area is 575 Å². The van der Waals surface area contributed by atoms with Gasteiger partial charge < -0.3 is 33.8 Å². The maximum atomic E-state index is 13.1. The summed E-state index contributed by atoms with van der Waals surface area (Å²) in [6.07, 6.45) is 54.1. The molecule has 0 amide bonds. The second-order valence-electron chi connectivity index (χ2n) is 27.8. The topological polar surface area (TPSA) is 237 Å². The van der Waals surface area contributed by atoms with Gasteiger partial charge in [-0.1, -0.05) is 337 Å². The average molecular weight is 1380 g/mol. The fraction of sp³-hybridized carbons (Fsp3) is 0.947. The number of hydrogen-bond acceptors (Lipinski definition) is 15. The fourth-order valence-electron chi connectivity index (χ4n) is 11.4. The smallest absolute Gasteiger partial charge is 0.462 e. The van der Waals surface area contributed by atoms with E-state index < -0.39 is 97.5 Å². The Balaban J connectivity index is 5.19. The molecule has 0 fully saturated rings. The number of ether oxygens (including phenoxy) is 4. The number of phosphoric ester groups is 2. The molecular formula is C75H146O17P2. The van der Waals surface area contributed by atoms with Crippen LogP contribution in [0.2, 0.25) is 0 Å². The van der Waals surface area contributed by atoms with E-state index in [-0.39, 0.29) is 25.7 Å². The Morgan fingerprint density at radius 1 is 0.309 bits per heavy atom. The molecule has 0 saturated heterocycles. The van der Waals surface area contributed by atoms with Crippen LogP contribution in [0.4, 0.5) is 0 Å². The van der Waals surface area contributed by atoms with E-state index in [0.29, 0.717) is 25.7 Å². The van der Waals surface area contributed by atoms with E-state index in [9.17, 15) is 43.2 Å². The van der Waals surface area contributed by atoms with Gasteiger partial charge in [-0.25, -0.2) is 9.13 Å². The van der Waals surface area contributed by atoms with E-state index in [0.717, 1.165) is 108 Å². The van der Waals surface area contributed by atoms with Crippen molar-refractivity contribution in [1.82, 2.24) is 0 Å². The Hall–Kier alpha value is -1.94. The maximum absolute atomic E-state index is 13.1. The summed E-state index contributed by atoms with van der Waals surface area (Å²) in [6.45, 7) is 9.63. The van der Waals surface area contributed by atoms with Crippen LogP contribution in [0.15, 0.2) is 0 Å². The van der Waals surface area contributed by atoms with Gasteiger partial charge in [-0.2, -0.15) is 0 Å². The Kier molecular flexibility index (Phi) is 65.5. The van der Waals surface area contributed by atoms with Crippen molar-refractivity contribution in [3.8, 4) is 0 Å². The van der Waals surface area contributed by atoms with E-state index in [1.165, 1.54) is 199 Å². The minimum absolute atomic E-state index is 0.106. The van der Waals surface area contributed by atoms with Gasteiger partial charge in [0.15, 0.2) is 12.2 Å². The van der Waals surface area contributed by atoms with E-state index in [1.807, 2.05) is 0 Å². The highest BCUT2D eigenvalue weighted by Gasteiger charge is 2.30. The molecular weight excluding hydrogens is 1230 g/mol. The monoisotopic (exact) mass is 1380 g/mol. The van der Waals surface area contributed by atoms with Gasteiger partial charge in [-0.3, -0.25) is 37.3 Å². The first kappa shape index (κ1) is 92.1. The van der Waals surface area contributed by atoms with Crippen LogP contribution in [0.5, 0.6) is 0 Å². The fourth-order valence-corrected chi connectivity index (χ4v) is 13.0. The summed E-state index contributed by atoms with van der Waals surface area (Å²) in [5.41, 5.74) is 0. The second kappa shape index (κ2) is 66.9. The molecule has 0 rings (SSSR count). The number of esters is 4. The van der Waals surface area contributed by atoms with Gasteiger partial charge >= 0.3 is 39.5 Å². The molecule has 0 saturated carbocycles. The average Bonchev–Trinajstić information content (AvgIpc) is 1.28. The van der Waals surface area contributed by atoms with Crippen LogP contribution < -0.4 is 0 Å².